The molecule has 1 aromatic heterocycles. The molecule has 1 aliphatic rings. The summed E-state index contributed by atoms with van der Waals surface area (Å²) in [6.07, 6.45) is -0.0907. The number of aromatic nitrogens is 1. The van der Waals surface area contributed by atoms with E-state index in [2.05, 4.69) is 10.5 Å². The summed E-state index contributed by atoms with van der Waals surface area (Å²) >= 11 is 0. The number of fused-ring (bicyclic) bond motifs is 1. The molecule has 0 aliphatic carbocycles. The first kappa shape index (κ1) is 19.7. The topological polar surface area (TPSA) is 97.1 Å². The van der Waals surface area contributed by atoms with Gasteiger partial charge in [0.25, 0.3) is 11.8 Å². The van der Waals surface area contributed by atoms with Gasteiger partial charge in [0.2, 0.25) is 0 Å². The first-order valence-electron chi connectivity index (χ1n) is 8.99. The minimum atomic E-state index is -0.600. The van der Waals surface area contributed by atoms with Crippen molar-refractivity contribution >= 4 is 12.0 Å². The number of nitrogens with zero attached hydrogens (tertiary/aromatic N) is 3. The maximum absolute atomic E-state index is 12.8. The van der Waals surface area contributed by atoms with Crippen LogP contribution in [0.2, 0.25) is 0 Å². The maximum Gasteiger partial charge on any atom is 0.414 e. The molecule has 9 nitrogen and oxygen atoms in total. The van der Waals surface area contributed by atoms with Crippen molar-refractivity contribution in [1.82, 2.24) is 20.3 Å². The standard InChI is InChI=1S/C19H24N4O5/c1-22(2)11-9-20-19(25)27-17-15-12-23(10-8-16(15)28-21-17)18(24)13-4-6-14(26-3)7-5-13/h4-7H,8-12H2,1-3H3,(H,20,25). The average Bonchev–Trinajstić information content (AvgIpc) is 3.09. The number of carbonyl (C=O) groups excluding carboxylic acids is 2. The van der Waals surface area contributed by atoms with Crippen LogP contribution in [0.25, 0.3) is 0 Å². The monoisotopic (exact) mass is 388 g/mol. The Hall–Kier alpha value is -3.07. The van der Waals surface area contributed by atoms with Gasteiger partial charge in [0.1, 0.15) is 11.5 Å². The summed E-state index contributed by atoms with van der Waals surface area (Å²) in [7, 11) is 5.40. The maximum atomic E-state index is 12.8. The minimum Gasteiger partial charge on any atom is -0.497 e. The minimum absolute atomic E-state index is 0.101. The van der Waals surface area contributed by atoms with Crippen molar-refractivity contribution in [1.29, 1.82) is 0 Å². The molecule has 0 atom stereocenters. The molecular weight excluding hydrogens is 364 g/mol. The zero-order valence-electron chi connectivity index (χ0n) is 16.2. The number of benzene rings is 1. The van der Waals surface area contributed by atoms with E-state index in [1.54, 1.807) is 36.3 Å². The lowest BCUT2D eigenvalue weighted by atomic mass is 10.1. The molecule has 1 aliphatic heterocycles. The highest BCUT2D eigenvalue weighted by Gasteiger charge is 2.29. The van der Waals surface area contributed by atoms with Gasteiger partial charge in [-0.1, -0.05) is 0 Å². The lowest BCUT2D eigenvalue weighted by molar-refractivity contribution is 0.0728. The van der Waals surface area contributed by atoms with Crippen molar-refractivity contribution in [3.63, 3.8) is 0 Å². The highest BCUT2D eigenvalue weighted by Crippen LogP contribution is 2.28. The summed E-state index contributed by atoms with van der Waals surface area (Å²) in [6.45, 7) is 1.91. The van der Waals surface area contributed by atoms with E-state index in [0.29, 0.717) is 48.7 Å². The third-order valence-electron chi connectivity index (χ3n) is 4.43. The van der Waals surface area contributed by atoms with Crippen LogP contribution in [0.4, 0.5) is 4.79 Å². The van der Waals surface area contributed by atoms with E-state index in [9.17, 15) is 9.59 Å². The predicted octanol–water partition coefficient (Wildman–Crippen LogP) is 1.53. The van der Waals surface area contributed by atoms with E-state index < -0.39 is 6.09 Å². The smallest absolute Gasteiger partial charge is 0.414 e. The number of nitrogens with one attached hydrogen (secondary N) is 1. The Bertz CT molecular complexity index is 831. The first-order chi connectivity index (χ1) is 13.5. The van der Waals surface area contributed by atoms with E-state index in [-0.39, 0.29) is 18.3 Å². The fourth-order valence-electron chi connectivity index (χ4n) is 2.86. The lowest BCUT2D eigenvalue weighted by Crippen LogP contribution is -2.36. The predicted molar refractivity (Wildman–Crippen MR) is 101 cm³/mol. The van der Waals surface area contributed by atoms with Crippen molar-refractivity contribution in [3.8, 4) is 11.6 Å². The van der Waals surface area contributed by atoms with Gasteiger partial charge in [0.05, 0.1) is 19.2 Å². The van der Waals surface area contributed by atoms with Gasteiger partial charge in [-0.3, -0.25) is 4.79 Å². The zero-order chi connectivity index (χ0) is 20.1. The van der Waals surface area contributed by atoms with Crippen molar-refractivity contribution in [2.75, 3.05) is 40.8 Å². The summed E-state index contributed by atoms with van der Waals surface area (Å²) < 4.78 is 15.7. The second-order valence-electron chi connectivity index (χ2n) is 6.71. The molecule has 0 saturated carbocycles. The Balaban J connectivity index is 1.64. The average molecular weight is 388 g/mol. The summed E-state index contributed by atoms with van der Waals surface area (Å²) in [5, 5.41) is 6.50. The third kappa shape index (κ3) is 4.61. The van der Waals surface area contributed by atoms with Crippen LogP contribution in [-0.2, 0) is 13.0 Å². The van der Waals surface area contributed by atoms with Crippen molar-refractivity contribution in [3.05, 3.63) is 41.2 Å². The second-order valence-corrected chi connectivity index (χ2v) is 6.71. The normalized spacial score (nSPS) is 13.2. The number of amides is 2. The molecule has 0 fully saturated rings. The van der Waals surface area contributed by atoms with Gasteiger partial charge in [-0.05, 0) is 43.5 Å². The number of hydrogen-bond donors (Lipinski definition) is 1. The Labute approximate surface area is 163 Å². The van der Waals surface area contributed by atoms with E-state index >= 15 is 0 Å². The quantitative estimate of drug-likeness (QED) is 0.801. The number of ether oxygens (including phenoxy) is 2. The van der Waals surface area contributed by atoms with Crippen LogP contribution in [0.3, 0.4) is 0 Å². The summed E-state index contributed by atoms with van der Waals surface area (Å²) in [5.74, 6) is 1.31. The molecule has 150 valence electrons. The molecule has 1 N–H and O–H groups in total. The van der Waals surface area contributed by atoms with Crippen LogP contribution in [0.1, 0.15) is 21.7 Å². The molecule has 1 aromatic carbocycles. The van der Waals surface area contributed by atoms with Gasteiger partial charge in [-0.15, -0.1) is 0 Å². The van der Waals surface area contributed by atoms with E-state index in [1.807, 2.05) is 19.0 Å². The van der Waals surface area contributed by atoms with Crippen LogP contribution in [-0.4, -0.2) is 67.8 Å². The number of hydrogen-bond acceptors (Lipinski definition) is 7. The largest absolute Gasteiger partial charge is 0.497 e. The number of carbonyl (C=O) groups is 2. The highest BCUT2D eigenvalue weighted by atomic mass is 16.6. The van der Waals surface area contributed by atoms with Gasteiger partial charge in [-0.25, -0.2) is 4.79 Å². The second kappa shape index (κ2) is 8.75. The third-order valence-corrected chi connectivity index (χ3v) is 4.43. The van der Waals surface area contributed by atoms with Crippen molar-refractivity contribution < 1.29 is 23.6 Å². The molecular formula is C19H24N4O5. The number of likely N-dealkylation sites (N-methyl/N-ethyl adjacent to an activating group) is 1. The lowest BCUT2D eigenvalue weighted by Gasteiger charge is -2.26. The number of rotatable bonds is 6. The molecule has 0 unspecified atom stereocenters. The van der Waals surface area contributed by atoms with E-state index in [0.717, 1.165) is 0 Å². The van der Waals surface area contributed by atoms with Crippen molar-refractivity contribution in [2.45, 2.75) is 13.0 Å². The van der Waals surface area contributed by atoms with Crippen molar-refractivity contribution in [2.24, 2.45) is 0 Å². The van der Waals surface area contributed by atoms with Crippen LogP contribution < -0.4 is 14.8 Å². The molecule has 2 aromatic rings. The van der Waals surface area contributed by atoms with Crippen LogP contribution >= 0.6 is 0 Å². The van der Waals surface area contributed by atoms with Crippen LogP contribution in [0.15, 0.2) is 28.8 Å². The van der Waals surface area contributed by atoms with E-state index in [1.165, 1.54) is 0 Å². The van der Waals surface area contributed by atoms with Gasteiger partial charge in [0.15, 0.2) is 0 Å². The summed E-state index contributed by atoms with van der Waals surface area (Å²) in [4.78, 5) is 28.4. The van der Waals surface area contributed by atoms with E-state index in [4.69, 9.17) is 14.0 Å². The molecule has 2 amide bonds. The molecule has 0 spiro atoms. The van der Waals surface area contributed by atoms with Gasteiger partial charge in [-0.2, -0.15) is 0 Å². The number of methoxy groups -OCH3 is 1. The van der Waals surface area contributed by atoms with Gasteiger partial charge >= 0.3 is 6.09 Å². The Kier molecular flexibility index (Phi) is 6.15. The Morgan fingerprint density at radius 1 is 1.29 bits per heavy atom. The molecule has 0 bridgehead atoms. The molecule has 2 heterocycles. The van der Waals surface area contributed by atoms with Crippen LogP contribution in [0.5, 0.6) is 11.6 Å². The molecule has 0 saturated heterocycles. The fraction of sp³-hybridized carbons (Fsp3) is 0.421. The fourth-order valence-corrected chi connectivity index (χ4v) is 2.86. The molecule has 3 rings (SSSR count). The summed E-state index contributed by atoms with van der Waals surface area (Å²) in [5.41, 5.74) is 1.18. The Morgan fingerprint density at radius 3 is 2.71 bits per heavy atom. The Morgan fingerprint density at radius 2 is 2.04 bits per heavy atom. The van der Waals surface area contributed by atoms with Gasteiger partial charge < -0.3 is 29.1 Å². The molecule has 9 heteroatoms. The SMILES string of the molecule is COc1ccc(C(=O)N2CCc3onc(OC(=O)NCCN(C)C)c3C2)cc1. The first-order valence-corrected chi connectivity index (χ1v) is 8.99. The summed E-state index contributed by atoms with van der Waals surface area (Å²) in [6, 6.07) is 6.93. The zero-order valence-corrected chi connectivity index (χ0v) is 16.2. The van der Waals surface area contributed by atoms with Gasteiger partial charge in [0, 0.05) is 31.6 Å². The molecule has 28 heavy (non-hydrogen) atoms. The van der Waals surface area contributed by atoms with Crippen LogP contribution in [0, 0.1) is 0 Å². The molecule has 0 radical (unpaired) electrons. The highest BCUT2D eigenvalue weighted by molar-refractivity contribution is 5.94.